The molecular weight excluding hydrogens is 330 g/mol. The van der Waals surface area contributed by atoms with Gasteiger partial charge >= 0.3 is 0 Å². The summed E-state index contributed by atoms with van der Waals surface area (Å²) in [6.45, 7) is 2.33. The summed E-state index contributed by atoms with van der Waals surface area (Å²) in [4.78, 5) is 21.5. The van der Waals surface area contributed by atoms with Gasteiger partial charge in [-0.25, -0.2) is 4.98 Å². The Morgan fingerprint density at radius 3 is 2.68 bits per heavy atom. The van der Waals surface area contributed by atoms with Crippen LogP contribution < -0.4 is 5.32 Å². The van der Waals surface area contributed by atoms with Crippen molar-refractivity contribution in [1.29, 1.82) is 0 Å². The van der Waals surface area contributed by atoms with E-state index in [-0.39, 0.29) is 5.91 Å². The van der Waals surface area contributed by atoms with Crippen LogP contribution in [0.2, 0.25) is 0 Å². The molecular formula is C20H27N3OS. The molecule has 0 spiro atoms. The van der Waals surface area contributed by atoms with E-state index in [1.165, 1.54) is 56.1 Å². The molecule has 5 heteroatoms. The zero-order valence-electron chi connectivity index (χ0n) is 15.0. The van der Waals surface area contributed by atoms with Gasteiger partial charge in [0.15, 0.2) is 0 Å². The number of pyridine rings is 1. The van der Waals surface area contributed by atoms with Gasteiger partial charge in [0.1, 0.15) is 4.83 Å². The minimum absolute atomic E-state index is 0.0349. The van der Waals surface area contributed by atoms with Crippen LogP contribution in [-0.2, 0) is 0 Å². The summed E-state index contributed by atoms with van der Waals surface area (Å²) in [5.74, 6) is 0.512. The zero-order valence-corrected chi connectivity index (χ0v) is 15.8. The van der Waals surface area contributed by atoms with Crippen molar-refractivity contribution < 1.29 is 4.79 Å². The van der Waals surface area contributed by atoms with Crippen LogP contribution in [0, 0.1) is 0 Å². The van der Waals surface area contributed by atoms with Crippen LogP contribution in [0.25, 0.3) is 10.2 Å². The van der Waals surface area contributed by atoms with Crippen LogP contribution in [0.5, 0.6) is 0 Å². The fourth-order valence-electron chi connectivity index (χ4n) is 4.64. The number of hydrogen-bond acceptors (Lipinski definition) is 4. The molecule has 1 saturated heterocycles. The van der Waals surface area contributed by atoms with E-state index >= 15 is 0 Å². The molecule has 1 amide bonds. The van der Waals surface area contributed by atoms with Crippen molar-refractivity contribution in [2.75, 3.05) is 20.1 Å². The topological polar surface area (TPSA) is 45.2 Å². The van der Waals surface area contributed by atoms with Crippen LogP contribution in [0.3, 0.4) is 0 Å². The lowest BCUT2D eigenvalue weighted by molar-refractivity contribution is 0.0963. The molecule has 4 rings (SSSR count). The smallest absolute Gasteiger partial charge is 0.261 e. The number of amides is 1. The number of thiophene rings is 1. The number of carbonyl (C=O) groups excluding carboxylic acids is 1. The number of hydrogen-bond donors (Lipinski definition) is 1. The molecule has 2 fully saturated rings. The van der Waals surface area contributed by atoms with Gasteiger partial charge in [0.2, 0.25) is 0 Å². The molecule has 3 heterocycles. The highest BCUT2D eigenvalue weighted by atomic mass is 32.1. The third-order valence-corrected chi connectivity index (χ3v) is 7.09. The predicted octanol–water partition coefficient (Wildman–Crippen LogP) is 4.17. The first-order valence-electron chi connectivity index (χ1n) is 9.61. The van der Waals surface area contributed by atoms with Gasteiger partial charge in [0.25, 0.3) is 5.91 Å². The van der Waals surface area contributed by atoms with Crippen molar-refractivity contribution in [3.8, 4) is 0 Å². The molecule has 0 aromatic carbocycles. The summed E-state index contributed by atoms with van der Waals surface area (Å²) in [5, 5.41) is 4.00. The molecule has 4 nitrogen and oxygen atoms in total. The number of piperidine rings is 1. The van der Waals surface area contributed by atoms with E-state index < -0.39 is 0 Å². The van der Waals surface area contributed by atoms with E-state index in [0.717, 1.165) is 28.6 Å². The number of nitrogens with one attached hydrogen (secondary N) is 1. The fourth-order valence-corrected chi connectivity index (χ4v) is 5.81. The Morgan fingerprint density at radius 1 is 1.20 bits per heavy atom. The summed E-state index contributed by atoms with van der Waals surface area (Å²) in [5.41, 5.74) is 1.25. The van der Waals surface area contributed by atoms with Crippen molar-refractivity contribution >= 4 is 27.5 Å². The van der Waals surface area contributed by atoms with E-state index in [1.807, 2.05) is 12.3 Å². The molecule has 1 aliphatic heterocycles. The number of likely N-dealkylation sites (tertiary alicyclic amines) is 1. The minimum Gasteiger partial charge on any atom is -0.354 e. The van der Waals surface area contributed by atoms with E-state index in [2.05, 4.69) is 21.3 Å². The van der Waals surface area contributed by atoms with Crippen LogP contribution >= 0.6 is 11.3 Å². The molecule has 0 bridgehead atoms. The number of aromatic nitrogens is 1. The van der Waals surface area contributed by atoms with Gasteiger partial charge in [-0.1, -0.05) is 25.3 Å². The number of nitrogens with zero attached hydrogens (tertiary/aromatic N) is 2. The third kappa shape index (κ3) is 3.32. The molecule has 0 unspecified atom stereocenters. The minimum atomic E-state index is 0.0349. The second-order valence-electron chi connectivity index (χ2n) is 7.38. The van der Waals surface area contributed by atoms with Crippen molar-refractivity contribution in [3.63, 3.8) is 0 Å². The summed E-state index contributed by atoms with van der Waals surface area (Å²) >= 11 is 1.54. The monoisotopic (exact) mass is 357 g/mol. The highest BCUT2D eigenvalue weighted by molar-refractivity contribution is 7.20. The number of fused-ring (bicyclic) bond motifs is 1. The first kappa shape index (κ1) is 17.0. The molecule has 2 aliphatic rings. The Morgan fingerprint density at radius 2 is 1.96 bits per heavy atom. The third-order valence-electron chi connectivity index (χ3n) is 5.97. The van der Waals surface area contributed by atoms with E-state index in [9.17, 15) is 4.79 Å². The van der Waals surface area contributed by atoms with Gasteiger partial charge in [0.05, 0.1) is 4.88 Å². The average molecular weight is 358 g/mol. The standard InChI is InChI=1S/C20H27N3OS/c1-21-19(24)18-17(16-8-5-11-22-20(16)25-18)14-9-12-23(13-10-14)15-6-3-2-4-7-15/h5,8,11,14-15H,2-4,6-7,9-10,12-13H2,1H3,(H,21,24). The first-order chi connectivity index (χ1) is 12.3. The summed E-state index contributed by atoms with van der Waals surface area (Å²) in [6, 6.07) is 4.92. The molecule has 1 saturated carbocycles. The Hall–Kier alpha value is -1.46. The molecule has 2 aromatic heterocycles. The number of rotatable bonds is 3. The Bertz CT molecular complexity index is 742. The van der Waals surface area contributed by atoms with Gasteiger partial charge in [-0.2, -0.15) is 0 Å². The Kier molecular flexibility index (Phi) is 5.04. The van der Waals surface area contributed by atoms with Crippen LogP contribution in [-0.4, -0.2) is 42.0 Å². The maximum atomic E-state index is 12.4. The van der Waals surface area contributed by atoms with E-state index in [4.69, 9.17) is 0 Å². The van der Waals surface area contributed by atoms with Gasteiger partial charge in [0, 0.05) is 24.7 Å². The molecule has 0 radical (unpaired) electrons. The maximum absolute atomic E-state index is 12.4. The Labute approximate surface area is 153 Å². The zero-order chi connectivity index (χ0) is 17.2. The second-order valence-corrected chi connectivity index (χ2v) is 8.38. The van der Waals surface area contributed by atoms with Gasteiger partial charge in [-0.3, -0.25) is 4.79 Å². The summed E-state index contributed by atoms with van der Waals surface area (Å²) in [6.07, 6.45) is 11.1. The second kappa shape index (κ2) is 7.42. The molecule has 2 aromatic rings. The van der Waals surface area contributed by atoms with Crippen LogP contribution in [0.15, 0.2) is 18.3 Å². The summed E-state index contributed by atoms with van der Waals surface area (Å²) < 4.78 is 0. The molecule has 1 aliphatic carbocycles. The highest BCUT2D eigenvalue weighted by Crippen LogP contribution is 2.40. The summed E-state index contributed by atoms with van der Waals surface area (Å²) in [7, 11) is 1.72. The van der Waals surface area contributed by atoms with Crippen molar-refractivity contribution in [3.05, 3.63) is 28.8 Å². The van der Waals surface area contributed by atoms with Crippen LogP contribution in [0.4, 0.5) is 0 Å². The van der Waals surface area contributed by atoms with E-state index in [1.54, 1.807) is 18.4 Å². The van der Waals surface area contributed by atoms with Crippen molar-refractivity contribution in [1.82, 2.24) is 15.2 Å². The lowest BCUT2D eigenvalue weighted by Gasteiger charge is -2.39. The van der Waals surface area contributed by atoms with Gasteiger partial charge in [-0.05, 0) is 56.3 Å². The fraction of sp³-hybridized carbons (Fsp3) is 0.600. The van der Waals surface area contributed by atoms with Crippen LogP contribution in [0.1, 0.15) is 66.1 Å². The largest absolute Gasteiger partial charge is 0.354 e. The molecule has 134 valence electrons. The lowest BCUT2D eigenvalue weighted by atomic mass is 9.85. The SMILES string of the molecule is CNC(=O)c1sc2ncccc2c1C1CCN(C2CCCCC2)CC1. The molecule has 0 atom stereocenters. The van der Waals surface area contributed by atoms with Crippen molar-refractivity contribution in [2.45, 2.75) is 56.9 Å². The van der Waals surface area contributed by atoms with Gasteiger partial charge in [-0.15, -0.1) is 11.3 Å². The first-order valence-corrected chi connectivity index (χ1v) is 10.4. The van der Waals surface area contributed by atoms with Gasteiger partial charge < -0.3 is 10.2 Å². The van der Waals surface area contributed by atoms with E-state index in [0.29, 0.717) is 5.92 Å². The van der Waals surface area contributed by atoms with Crippen molar-refractivity contribution in [2.24, 2.45) is 0 Å². The molecule has 1 N–H and O–H groups in total. The highest BCUT2D eigenvalue weighted by Gasteiger charge is 2.31. The quantitative estimate of drug-likeness (QED) is 0.897. The molecule has 25 heavy (non-hydrogen) atoms. The maximum Gasteiger partial charge on any atom is 0.261 e. The average Bonchev–Trinajstić information content (AvgIpc) is 3.08. The lowest BCUT2D eigenvalue weighted by Crippen LogP contribution is -2.42. The number of carbonyl (C=O) groups is 1. The predicted molar refractivity (Wildman–Crippen MR) is 103 cm³/mol. The normalized spacial score (nSPS) is 20.8. The Balaban J connectivity index is 1.57.